The van der Waals surface area contributed by atoms with Gasteiger partial charge in [0.1, 0.15) is 18.0 Å². The second-order valence-corrected chi connectivity index (χ2v) is 7.38. The summed E-state index contributed by atoms with van der Waals surface area (Å²) >= 11 is 0. The molecule has 9 heteroatoms. The normalized spacial score (nSPS) is 14.3. The molecule has 2 heterocycles. The molecule has 0 spiro atoms. The molecule has 0 bridgehead atoms. The average Bonchev–Trinajstić information content (AvgIpc) is 2.79. The number of rotatable bonds is 7. The van der Waals surface area contributed by atoms with Crippen molar-refractivity contribution in [1.29, 1.82) is 0 Å². The summed E-state index contributed by atoms with van der Waals surface area (Å²) in [5.74, 6) is 2.98. The van der Waals surface area contributed by atoms with Crippen LogP contribution in [0.1, 0.15) is 5.82 Å². The van der Waals surface area contributed by atoms with Gasteiger partial charge in [0, 0.05) is 11.8 Å². The Bertz CT molecular complexity index is 1020. The molecule has 1 aliphatic heterocycles. The van der Waals surface area contributed by atoms with E-state index >= 15 is 0 Å². The number of nitrogens with zero attached hydrogens (tertiary/aromatic N) is 4. The number of methoxy groups -OCH3 is 2. The lowest BCUT2D eigenvalue weighted by Crippen LogP contribution is -3.13. The van der Waals surface area contributed by atoms with Gasteiger partial charge in [0.05, 0.1) is 46.1 Å². The van der Waals surface area contributed by atoms with Crippen molar-refractivity contribution in [2.75, 3.05) is 56.3 Å². The van der Waals surface area contributed by atoms with Crippen LogP contribution in [0.5, 0.6) is 11.5 Å². The first-order chi connectivity index (χ1) is 15.1. The highest BCUT2D eigenvalue weighted by molar-refractivity contribution is 5.58. The van der Waals surface area contributed by atoms with Crippen LogP contribution >= 0.6 is 0 Å². The Labute approximate surface area is 181 Å². The smallest absolute Gasteiger partial charge is 0.232 e. The second-order valence-electron chi connectivity index (χ2n) is 7.38. The molecule has 4 rings (SSSR count). The van der Waals surface area contributed by atoms with Crippen LogP contribution in [0.15, 0.2) is 48.5 Å². The Morgan fingerprint density at radius 1 is 1.00 bits per heavy atom. The lowest BCUT2D eigenvalue weighted by Gasteiger charge is -2.34. The molecule has 0 radical (unpaired) electrons. The van der Waals surface area contributed by atoms with Gasteiger partial charge in [0.15, 0.2) is 5.82 Å². The number of hydrogen-bond acceptors (Lipinski definition) is 8. The van der Waals surface area contributed by atoms with Crippen LogP contribution in [-0.2, 0) is 6.54 Å². The topological polar surface area (TPSA) is 103 Å². The molecule has 4 N–H and O–H groups in total. The van der Waals surface area contributed by atoms with Crippen LogP contribution < -0.4 is 30.3 Å². The van der Waals surface area contributed by atoms with Gasteiger partial charge >= 0.3 is 0 Å². The highest BCUT2D eigenvalue weighted by Gasteiger charge is 2.23. The number of ether oxygens (including phenoxy) is 2. The molecule has 9 nitrogen and oxygen atoms in total. The fourth-order valence-corrected chi connectivity index (χ4v) is 3.76. The summed E-state index contributed by atoms with van der Waals surface area (Å²) in [7, 11) is 3.34. The summed E-state index contributed by atoms with van der Waals surface area (Å²) in [6.07, 6.45) is 0. The van der Waals surface area contributed by atoms with Gasteiger partial charge in [-0.15, -0.1) is 0 Å². The van der Waals surface area contributed by atoms with Crippen molar-refractivity contribution in [3.05, 3.63) is 54.4 Å². The predicted molar refractivity (Wildman–Crippen MR) is 120 cm³/mol. The lowest BCUT2D eigenvalue weighted by atomic mass is 10.2. The lowest BCUT2D eigenvalue weighted by molar-refractivity contribution is -0.915. The monoisotopic (exact) mass is 422 g/mol. The highest BCUT2D eigenvalue weighted by atomic mass is 16.5. The van der Waals surface area contributed by atoms with E-state index in [1.807, 2.05) is 42.5 Å². The van der Waals surface area contributed by atoms with Crippen LogP contribution in [0.25, 0.3) is 0 Å². The molecule has 1 aromatic heterocycles. The summed E-state index contributed by atoms with van der Waals surface area (Å²) in [5, 5.41) is 3.18. The van der Waals surface area contributed by atoms with E-state index in [-0.39, 0.29) is 5.95 Å². The molecule has 0 unspecified atom stereocenters. The van der Waals surface area contributed by atoms with E-state index in [1.54, 1.807) is 14.2 Å². The Kier molecular flexibility index (Phi) is 6.32. The maximum atomic E-state index is 5.95. The number of nitrogens with one attached hydrogen (secondary N) is 2. The third kappa shape index (κ3) is 5.13. The Morgan fingerprint density at radius 3 is 2.58 bits per heavy atom. The summed E-state index contributed by atoms with van der Waals surface area (Å²) in [6, 6.07) is 15.7. The van der Waals surface area contributed by atoms with Crippen molar-refractivity contribution >= 4 is 23.3 Å². The molecule has 1 fully saturated rings. The molecular weight excluding hydrogens is 394 g/mol. The number of nitrogens with two attached hydrogens (primary N) is 1. The molecule has 31 heavy (non-hydrogen) atoms. The van der Waals surface area contributed by atoms with Crippen LogP contribution in [-0.4, -0.2) is 55.4 Å². The van der Waals surface area contributed by atoms with Crippen LogP contribution in [0.4, 0.5) is 23.3 Å². The number of hydrogen-bond donors (Lipinski definition) is 3. The highest BCUT2D eigenvalue weighted by Crippen LogP contribution is 2.27. The molecule has 3 aromatic rings. The average molecular weight is 423 g/mol. The third-order valence-corrected chi connectivity index (χ3v) is 5.33. The van der Waals surface area contributed by atoms with Crippen molar-refractivity contribution in [3.8, 4) is 11.5 Å². The van der Waals surface area contributed by atoms with Crippen molar-refractivity contribution in [2.45, 2.75) is 6.54 Å². The van der Waals surface area contributed by atoms with Gasteiger partial charge in [-0.1, -0.05) is 18.2 Å². The van der Waals surface area contributed by atoms with E-state index < -0.39 is 0 Å². The largest absolute Gasteiger partial charge is 0.497 e. The Balaban J connectivity index is 1.40. The number of anilines is 4. The number of para-hydroxylation sites is 2. The van der Waals surface area contributed by atoms with Crippen molar-refractivity contribution in [1.82, 2.24) is 15.0 Å². The minimum Gasteiger partial charge on any atom is -0.497 e. The SMILES string of the molecule is COc1cccc(Nc2nc(N)nc(C[NH+]3CCN(c4ccccc4OC)CC3)n2)c1. The number of piperazine rings is 1. The first-order valence-corrected chi connectivity index (χ1v) is 10.3. The van der Waals surface area contributed by atoms with Gasteiger partial charge in [-0.05, 0) is 24.3 Å². The molecule has 0 atom stereocenters. The van der Waals surface area contributed by atoms with E-state index in [4.69, 9.17) is 15.2 Å². The van der Waals surface area contributed by atoms with Gasteiger partial charge in [0.2, 0.25) is 11.9 Å². The summed E-state index contributed by atoms with van der Waals surface area (Å²) in [6.45, 7) is 4.51. The number of quaternary nitrogens is 1. The maximum Gasteiger partial charge on any atom is 0.232 e. The Hall–Kier alpha value is -3.59. The minimum absolute atomic E-state index is 0.211. The zero-order chi connectivity index (χ0) is 21.6. The van der Waals surface area contributed by atoms with Crippen molar-refractivity contribution < 1.29 is 14.4 Å². The van der Waals surface area contributed by atoms with Gasteiger partial charge in [0.25, 0.3) is 0 Å². The second kappa shape index (κ2) is 9.48. The van der Waals surface area contributed by atoms with Gasteiger partial charge in [-0.2, -0.15) is 15.0 Å². The van der Waals surface area contributed by atoms with Crippen molar-refractivity contribution in [2.24, 2.45) is 0 Å². The Morgan fingerprint density at radius 2 is 1.81 bits per heavy atom. The minimum atomic E-state index is 0.211. The van der Waals surface area contributed by atoms with E-state index in [1.165, 1.54) is 4.90 Å². The number of benzene rings is 2. The molecule has 1 saturated heterocycles. The third-order valence-electron chi connectivity index (χ3n) is 5.33. The van der Waals surface area contributed by atoms with Gasteiger partial charge in [-0.3, -0.25) is 0 Å². The van der Waals surface area contributed by atoms with Crippen LogP contribution in [0, 0.1) is 0 Å². The van der Waals surface area contributed by atoms with Gasteiger partial charge < -0.3 is 30.3 Å². The first-order valence-electron chi connectivity index (χ1n) is 10.3. The molecule has 1 aliphatic rings. The van der Waals surface area contributed by atoms with E-state index in [0.717, 1.165) is 49.1 Å². The first kappa shape index (κ1) is 20.7. The molecule has 162 valence electrons. The maximum absolute atomic E-state index is 5.95. The molecule has 0 aliphatic carbocycles. The predicted octanol–water partition coefficient (Wildman–Crippen LogP) is 1.12. The number of aromatic nitrogens is 3. The fourth-order valence-electron chi connectivity index (χ4n) is 3.76. The molecule has 2 aromatic carbocycles. The zero-order valence-corrected chi connectivity index (χ0v) is 17.8. The molecular formula is C22H28N7O2+. The molecule has 0 amide bonds. The zero-order valence-electron chi connectivity index (χ0n) is 17.8. The van der Waals surface area contributed by atoms with Gasteiger partial charge in [-0.25, -0.2) is 0 Å². The quantitative estimate of drug-likeness (QED) is 0.521. The van der Waals surface area contributed by atoms with E-state index in [0.29, 0.717) is 18.3 Å². The summed E-state index contributed by atoms with van der Waals surface area (Å²) < 4.78 is 10.8. The molecule has 0 saturated carbocycles. The fraction of sp³-hybridized carbons (Fsp3) is 0.318. The van der Waals surface area contributed by atoms with Crippen molar-refractivity contribution in [3.63, 3.8) is 0 Å². The summed E-state index contributed by atoms with van der Waals surface area (Å²) in [4.78, 5) is 16.9. The van der Waals surface area contributed by atoms with E-state index in [9.17, 15) is 0 Å². The van der Waals surface area contributed by atoms with Crippen LogP contribution in [0.3, 0.4) is 0 Å². The van der Waals surface area contributed by atoms with E-state index in [2.05, 4.69) is 31.2 Å². The van der Waals surface area contributed by atoms with Crippen LogP contribution in [0.2, 0.25) is 0 Å². The summed E-state index contributed by atoms with van der Waals surface area (Å²) in [5.41, 5.74) is 7.91. The standard InChI is InChI=1S/C22H27N7O2/c1-30-17-7-5-6-16(14-17)24-22-26-20(25-21(23)27-22)15-28-10-12-29(13-11-28)18-8-3-4-9-19(18)31-2/h3-9,14H,10-13,15H2,1-2H3,(H3,23,24,25,26,27)/p+1. The number of nitrogen functional groups attached to an aromatic ring is 1.